The Hall–Kier alpha value is -4.26. The molecule has 168 valence electrons. The lowest BCUT2D eigenvalue weighted by Crippen LogP contribution is -2.12. The number of fused-ring (bicyclic) bond motifs is 1. The van der Waals surface area contributed by atoms with Gasteiger partial charge in [0.15, 0.2) is 5.76 Å². The van der Waals surface area contributed by atoms with Gasteiger partial charge in [0.25, 0.3) is 0 Å². The molecule has 0 unspecified atom stereocenters. The molecule has 3 aromatic carbocycles. The average molecular weight is 446 g/mol. The third-order valence-corrected chi connectivity index (χ3v) is 5.21. The van der Waals surface area contributed by atoms with Crippen LogP contribution in [0.1, 0.15) is 31.8 Å². The normalized spacial score (nSPS) is 13.3. The van der Waals surface area contributed by atoms with Crippen LogP contribution >= 0.6 is 0 Å². The number of ketones is 1. The number of hydrogen-bond acceptors (Lipinski definition) is 7. The van der Waals surface area contributed by atoms with Crippen LogP contribution in [-0.2, 0) is 0 Å². The molecule has 0 aliphatic carbocycles. The van der Waals surface area contributed by atoms with E-state index in [0.717, 1.165) is 0 Å². The van der Waals surface area contributed by atoms with Gasteiger partial charge in [0, 0.05) is 11.6 Å². The first-order valence-corrected chi connectivity index (χ1v) is 10.1. The fourth-order valence-corrected chi connectivity index (χ4v) is 3.67. The summed E-state index contributed by atoms with van der Waals surface area (Å²) in [7, 11) is 4.48. The maximum absolute atomic E-state index is 13.0. The van der Waals surface area contributed by atoms with Crippen molar-refractivity contribution in [3.8, 4) is 28.7 Å². The Bertz CT molecular complexity index is 1250. The van der Waals surface area contributed by atoms with Gasteiger partial charge in [-0.15, -0.1) is 0 Å². The van der Waals surface area contributed by atoms with E-state index in [0.29, 0.717) is 39.7 Å². The molecule has 0 aromatic heterocycles. The van der Waals surface area contributed by atoms with E-state index in [1.54, 1.807) is 50.4 Å². The summed E-state index contributed by atoms with van der Waals surface area (Å²) >= 11 is 0. The molecule has 0 spiro atoms. The summed E-state index contributed by atoms with van der Waals surface area (Å²) < 4.78 is 27.3. The highest BCUT2D eigenvalue weighted by molar-refractivity contribution is 6.15. The summed E-state index contributed by atoms with van der Waals surface area (Å²) in [5, 5.41) is 0. The first kappa shape index (κ1) is 22.0. The number of rotatable bonds is 6. The molecule has 0 fully saturated rings. The molecule has 3 aromatic rings. The van der Waals surface area contributed by atoms with E-state index in [9.17, 15) is 9.59 Å². The van der Waals surface area contributed by atoms with Gasteiger partial charge in [-0.25, -0.2) is 4.79 Å². The summed E-state index contributed by atoms with van der Waals surface area (Å²) in [6.07, 6.45) is 1.63. The second-order valence-corrected chi connectivity index (χ2v) is 7.22. The van der Waals surface area contributed by atoms with Crippen LogP contribution in [0.3, 0.4) is 0 Å². The number of ether oxygens (including phenoxy) is 5. The van der Waals surface area contributed by atoms with E-state index < -0.39 is 5.97 Å². The molecule has 7 nitrogen and oxygen atoms in total. The summed E-state index contributed by atoms with van der Waals surface area (Å²) in [4.78, 5) is 25.9. The van der Waals surface area contributed by atoms with Crippen molar-refractivity contribution in [2.45, 2.75) is 6.92 Å². The van der Waals surface area contributed by atoms with E-state index in [-0.39, 0.29) is 22.9 Å². The highest BCUT2D eigenvalue weighted by Crippen LogP contribution is 2.39. The maximum atomic E-state index is 13.0. The van der Waals surface area contributed by atoms with E-state index in [2.05, 4.69) is 0 Å². The van der Waals surface area contributed by atoms with E-state index in [1.807, 2.05) is 18.2 Å². The highest BCUT2D eigenvalue weighted by atomic mass is 16.5. The molecule has 7 heteroatoms. The number of Topliss-reactive ketones (excluding diaryl/α,β-unsaturated/α-hetero) is 1. The van der Waals surface area contributed by atoms with Crippen molar-refractivity contribution in [2.75, 3.05) is 21.3 Å². The minimum absolute atomic E-state index is 0.160. The van der Waals surface area contributed by atoms with E-state index in [1.165, 1.54) is 20.3 Å². The minimum atomic E-state index is -0.655. The molecule has 0 bridgehead atoms. The fraction of sp³-hybridized carbons (Fsp3) is 0.154. The molecular weight excluding hydrogens is 424 g/mol. The van der Waals surface area contributed by atoms with Gasteiger partial charge in [-0.1, -0.05) is 24.3 Å². The number of carbonyl (C=O) groups excluding carboxylic acids is 2. The lowest BCUT2D eigenvalue weighted by atomic mass is 10.0. The number of carbonyl (C=O) groups is 2. The molecular formula is C26H22O7. The first-order chi connectivity index (χ1) is 16.0. The van der Waals surface area contributed by atoms with Crippen LogP contribution in [0, 0.1) is 6.92 Å². The van der Waals surface area contributed by atoms with Gasteiger partial charge in [-0.3, -0.25) is 4.79 Å². The zero-order chi connectivity index (χ0) is 23.5. The van der Waals surface area contributed by atoms with Gasteiger partial charge in [0.2, 0.25) is 5.78 Å². The Morgan fingerprint density at radius 2 is 1.52 bits per heavy atom. The van der Waals surface area contributed by atoms with Gasteiger partial charge < -0.3 is 23.7 Å². The molecule has 0 N–H and O–H groups in total. The van der Waals surface area contributed by atoms with Crippen LogP contribution in [-0.4, -0.2) is 33.1 Å². The molecule has 1 heterocycles. The number of aryl methyl sites for hydroxylation is 1. The van der Waals surface area contributed by atoms with Crippen molar-refractivity contribution in [1.82, 2.24) is 0 Å². The third kappa shape index (κ3) is 4.13. The Kier molecular flexibility index (Phi) is 6.04. The molecule has 0 saturated heterocycles. The lowest BCUT2D eigenvalue weighted by Gasteiger charge is -2.13. The predicted molar refractivity (Wildman–Crippen MR) is 122 cm³/mol. The van der Waals surface area contributed by atoms with Crippen LogP contribution in [0.2, 0.25) is 0 Å². The van der Waals surface area contributed by atoms with E-state index >= 15 is 0 Å². The summed E-state index contributed by atoms with van der Waals surface area (Å²) in [5.41, 5.74) is 1.92. The van der Waals surface area contributed by atoms with Gasteiger partial charge in [-0.2, -0.15) is 0 Å². The van der Waals surface area contributed by atoms with Crippen molar-refractivity contribution < 1.29 is 33.3 Å². The minimum Gasteiger partial charge on any atom is -0.496 e. The van der Waals surface area contributed by atoms with E-state index in [4.69, 9.17) is 23.7 Å². The molecule has 0 saturated carbocycles. The Morgan fingerprint density at radius 1 is 0.879 bits per heavy atom. The number of allylic oxidation sites excluding steroid dienone is 1. The van der Waals surface area contributed by atoms with Crippen LogP contribution in [0.15, 0.2) is 60.4 Å². The monoisotopic (exact) mass is 446 g/mol. The van der Waals surface area contributed by atoms with Crippen molar-refractivity contribution in [1.29, 1.82) is 0 Å². The number of benzene rings is 3. The number of hydrogen-bond donors (Lipinski definition) is 0. The largest absolute Gasteiger partial charge is 0.496 e. The SMILES string of the molecule is COc1ccccc1/C=C1\Oc2cc(OC(=O)c3c(OC)cccc3OC)cc(C)c2C1=O. The number of para-hydroxylation sites is 1. The zero-order valence-corrected chi connectivity index (χ0v) is 18.6. The van der Waals surface area contributed by atoms with Crippen LogP contribution in [0.25, 0.3) is 6.08 Å². The molecule has 0 atom stereocenters. The number of methoxy groups -OCH3 is 3. The summed E-state index contributed by atoms with van der Waals surface area (Å²) in [6.45, 7) is 1.76. The molecule has 4 rings (SSSR count). The Morgan fingerprint density at radius 3 is 2.18 bits per heavy atom. The molecule has 1 aliphatic rings. The standard InChI is InChI=1S/C26H22O7/c1-15-12-17(32-26(28)24-19(30-3)10-7-11-20(24)31-4)14-21-23(15)25(27)22(33-21)13-16-8-5-6-9-18(16)29-2/h5-14H,1-4H3/b22-13-. The predicted octanol–water partition coefficient (Wildman–Crippen LogP) is 4.86. The average Bonchev–Trinajstić information content (AvgIpc) is 3.13. The van der Waals surface area contributed by atoms with Crippen LogP contribution in [0.4, 0.5) is 0 Å². The number of esters is 1. The second kappa shape index (κ2) is 9.08. The van der Waals surface area contributed by atoms with Gasteiger partial charge >= 0.3 is 5.97 Å². The first-order valence-electron chi connectivity index (χ1n) is 10.1. The molecule has 0 amide bonds. The molecule has 0 radical (unpaired) electrons. The Labute approximate surface area is 191 Å². The quantitative estimate of drug-likeness (QED) is 0.304. The zero-order valence-electron chi connectivity index (χ0n) is 18.6. The fourth-order valence-electron chi connectivity index (χ4n) is 3.67. The second-order valence-electron chi connectivity index (χ2n) is 7.22. The summed E-state index contributed by atoms with van der Waals surface area (Å²) in [5.74, 6) is 1.07. The summed E-state index contributed by atoms with van der Waals surface area (Å²) in [6, 6.07) is 15.4. The van der Waals surface area contributed by atoms with Crippen LogP contribution < -0.4 is 23.7 Å². The Balaban J connectivity index is 1.65. The third-order valence-electron chi connectivity index (χ3n) is 5.21. The van der Waals surface area contributed by atoms with Crippen LogP contribution in [0.5, 0.6) is 28.7 Å². The van der Waals surface area contributed by atoms with Gasteiger partial charge in [0.1, 0.15) is 34.3 Å². The van der Waals surface area contributed by atoms with Gasteiger partial charge in [-0.05, 0) is 42.8 Å². The van der Waals surface area contributed by atoms with Crippen molar-refractivity contribution in [3.63, 3.8) is 0 Å². The molecule has 33 heavy (non-hydrogen) atoms. The van der Waals surface area contributed by atoms with Crippen molar-refractivity contribution in [2.24, 2.45) is 0 Å². The molecule has 1 aliphatic heterocycles. The van der Waals surface area contributed by atoms with Crippen molar-refractivity contribution >= 4 is 17.8 Å². The van der Waals surface area contributed by atoms with Crippen molar-refractivity contribution in [3.05, 3.63) is 82.6 Å². The van der Waals surface area contributed by atoms with Gasteiger partial charge in [0.05, 0.1) is 26.9 Å². The smallest absolute Gasteiger partial charge is 0.351 e. The highest BCUT2D eigenvalue weighted by Gasteiger charge is 2.31. The lowest BCUT2D eigenvalue weighted by molar-refractivity contribution is 0.0727. The maximum Gasteiger partial charge on any atom is 0.351 e. The topological polar surface area (TPSA) is 80.3 Å².